The van der Waals surface area contributed by atoms with Crippen LogP contribution in [0.25, 0.3) is 11.0 Å². The van der Waals surface area contributed by atoms with Gasteiger partial charge in [0.1, 0.15) is 5.52 Å². The molecule has 5 rings (SSSR count). The van der Waals surface area contributed by atoms with Gasteiger partial charge < -0.3 is 15.2 Å². The number of nitrogens with one attached hydrogen (secondary N) is 3. The second kappa shape index (κ2) is 11.8. The molecule has 1 aliphatic carbocycles. The average molecular weight is 546 g/mol. The molecule has 37 heavy (non-hydrogen) atoms. The molecule has 1 aromatic carbocycles. The minimum atomic E-state index is -3.52. The van der Waals surface area contributed by atoms with E-state index in [0.29, 0.717) is 34.0 Å². The van der Waals surface area contributed by atoms with Crippen molar-refractivity contribution in [2.75, 3.05) is 23.5 Å². The number of hydrogen-bond acceptors (Lipinski definition) is 8. The van der Waals surface area contributed by atoms with E-state index in [4.69, 9.17) is 9.84 Å². The van der Waals surface area contributed by atoms with E-state index in [1.165, 1.54) is 31.5 Å². The molecule has 13 heteroatoms. The van der Waals surface area contributed by atoms with E-state index < -0.39 is 16.1 Å². The summed E-state index contributed by atoms with van der Waals surface area (Å²) in [6, 6.07) is 9.87. The van der Waals surface area contributed by atoms with Crippen LogP contribution < -0.4 is 20.1 Å². The molecule has 0 atom stereocenters. The molecule has 11 nitrogen and oxygen atoms in total. The molecule has 0 radical (unpaired) electrons. The van der Waals surface area contributed by atoms with Crippen molar-refractivity contribution in [2.45, 2.75) is 47.9 Å². The van der Waals surface area contributed by atoms with Gasteiger partial charge in [-0.25, -0.2) is 22.9 Å². The Labute approximate surface area is 218 Å². The molecule has 2 amide bonds. The Morgan fingerprint density at radius 2 is 1.95 bits per heavy atom. The largest absolute Gasteiger partial charge is 0.481 e. The first-order valence-electron chi connectivity index (χ1n) is 11.6. The number of sulfonamides is 1. The molecule has 1 aliphatic heterocycles. The third kappa shape index (κ3) is 6.87. The van der Waals surface area contributed by atoms with Crippen molar-refractivity contribution >= 4 is 56.2 Å². The van der Waals surface area contributed by atoms with Crippen molar-refractivity contribution in [3.05, 3.63) is 42.6 Å². The summed E-state index contributed by atoms with van der Waals surface area (Å²) in [7, 11) is -2.03. The molecule has 0 bridgehead atoms. The molecule has 0 unspecified atom stereocenters. The number of carbonyl (C=O) groups excluding carboxylic acids is 1. The lowest BCUT2D eigenvalue weighted by atomic mass is 9.96. The van der Waals surface area contributed by atoms with Gasteiger partial charge >= 0.3 is 6.09 Å². The number of aromatic nitrogens is 2. The van der Waals surface area contributed by atoms with Crippen molar-refractivity contribution < 1.29 is 27.9 Å². The van der Waals surface area contributed by atoms with Crippen LogP contribution in [0.1, 0.15) is 32.1 Å². The normalized spacial score (nSPS) is 15.6. The standard InChI is InChI=1S/C14H18N2O3S2.C10H9N3O3/c17-14-9-20-13-7-6-11(8-12(13)15-14)21(18,19)16-10-4-2-1-3-5-10;1-16-8-3-2-6-9(13-8)7(4-5-11-6)12-10(14)15/h6-8,10,16H,1-5,9H2,(H,15,17);2-5H,1H3,(H,11,12)(H,14,15). The van der Waals surface area contributed by atoms with Gasteiger partial charge in [-0.1, -0.05) is 19.3 Å². The van der Waals surface area contributed by atoms with Crippen LogP contribution in [-0.4, -0.2) is 54.4 Å². The third-order valence-corrected chi connectivity index (χ3v) is 8.42. The van der Waals surface area contributed by atoms with Gasteiger partial charge in [0.15, 0.2) is 0 Å². The van der Waals surface area contributed by atoms with Crippen LogP contribution in [0.2, 0.25) is 0 Å². The van der Waals surface area contributed by atoms with Gasteiger partial charge in [0.2, 0.25) is 21.8 Å². The molecule has 0 spiro atoms. The van der Waals surface area contributed by atoms with E-state index in [1.807, 2.05) is 0 Å². The maximum atomic E-state index is 12.4. The van der Waals surface area contributed by atoms with Crippen LogP contribution >= 0.6 is 11.8 Å². The second-order valence-electron chi connectivity index (χ2n) is 8.46. The molecule has 3 heterocycles. The maximum Gasteiger partial charge on any atom is 0.409 e. The molecule has 196 valence electrons. The number of methoxy groups -OCH3 is 1. The number of thioether (sulfide) groups is 1. The quantitative estimate of drug-likeness (QED) is 0.370. The topological polar surface area (TPSA) is 160 Å². The number of amides is 2. The number of ether oxygens (including phenoxy) is 1. The summed E-state index contributed by atoms with van der Waals surface area (Å²) >= 11 is 1.42. The fourth-order valence-corrected chi connectivity index (χ4v) is 6.19. The van der Waals surface area contributed by atoms with E-state index in [0.717, 1.165) is 30.6 Å². The zero-order valence-electron chi connectivity index (χ0n) is 20.1. The van der Waals surface area contributed by atoms with Crippen LogP contribution in [0.15, 0.2) is 52.4 Å². The molecule has 2 aliphatic rings. The van der Waals surface area contributed by atoms with E-state index in [-0.39, 0.29) is 16.8 Å². The number of nitrogens with zero attached hydrogens (tertiary/aromatic N) is 2. The highest BCUT2D eigenvalue weighted by molar-refractivity contribution is 8.00. The summed E-state index contributed by atoms with van der Waals surface area (Å²) in [4.78, 5) is 31.3. The minimum Gasteiger partial charge on any atom is -0.481 e. The number of benzene rings is 1. The van der Waals surface area contributed by atoms with E-state index in [2.05, 4.69) is 25.3 Å². The van der Waals surface area contributed by atoms with Gasteiger partial charge in [0, 0.05) is 23.2 Å². The predicted molar refractivity (Wildman–Crippen MR) is 141 cm³/mol. The first-order chi connectivity index (χ1) is 17.7. The van der Waals surface area contributed by atoms with Crippen molar-refractivity contribution in [3.63, 3.8) is 0 Å². The molecular weight excluding hydrogens is 518 g/mol. The lowest BCUT2D eigenvalue weighted by Gasteiger charge is -2.23. The zero-order valence-corrected chi connectivity index (χ0v) is 21.7. The fourth-order valence-electron chi connectivity index (χ4n) is 4.07. The van der Waals surface area contributed by atoms with Crippen LogP contribution in [0.5, 0.6) is 5.88 Å². The first-order valence-corrected chi connectivity index (χ1v) is 14.1. The summed E-state index contributed by atoms with van der Waals surface area (Å²) in [5, 5.41) is 13.6. The Morgan fingerprint density at radius 3 is 2.68 bits per heavy atom. The number of carbonyl (C=O) groups is 2. The van der Waals surface area contributed by atoms with Crippen LogP contribution in [0.3, 0.4) is 0 Å². The van der Waals surface area contributed by atoms with Gasteiger partial charge in [-0.05, 0) is 43.2 Å². The highest BCUT2D eigenvalue weighted by Crippen LogP contribution is 2.33. The molecule has 4 N–H and O–H groups in total. The zero-order chi connectivity index (χ0) is 26.4. The van der Waals surface area contributed by atoms with Crippen molar-refractivity contribution in [2.24, 2.45) is 0 Å². The Balaban J connectivity index is 0.000000180. The summed E-state index contributed by atoms with van der Waals surface area (Å²) in [5.74, 6) is 0.690. The molecular formula is C24H27N5O6S2. The SMILES string of the molecule is COc1ccc2nccc(NC(=O)O)c2n1.O=C1CSc2ccc(S(=O)(=O)NC3CCCCC3)cc2N1. The number of rotatable bonds is 5. The van der Waals surface area contributed by atoms with Crippen LogP contribution in [0.4, 0.5) is 16.2 Å². The van der Waals surface area contributed by atoms with Crippen molar-refractivity contribution in [1.29, 1.82) is 0 Å². The maximum absolute atomic E-state index is 12.4. The highest BCUT2D eigenvalue weighted by atomic mass is 32.2. The van der Waals surface area contributed by atoms with E-state index in [1.54, 1.807) is 36.4 Å². The third-order valence-electron chi connectivity index (χ3n) is 5.83. The van der Waals surface area contributed by atoms with Crippen LogP contribution in [0, 0.1) is 0 Å². The average Bonchev–Trinajstić information content (AvgIpc) is 2.88. The van der Waals surface area contributed by atoms with Gasteiger partial charge in [-0.2, -0.15) is 0 Å². The van der Waals surface area contributed by atoms with E-state index >= 15 is 0 Å². The number of hydrogen-bond donors (Lipinski definition) is 4. The molecule has 1 saturated carbocycles. The van der Waals surface area contributed by atoms with Gasteiger partial charge in [-0.3, -0.25) is 15.1 Å². The number of carboxylic acid groups (broad SMARTS) is 1. The smallest absolute Gasteiger partial charge is 0.409 e. The van der Waals surface area contributed by atoms with E-state index in [9.17, 15) is 18.0 Å². The number of pyridine rings is 2. The Kier molecular flexibility index (Phi) is 8.46. The van der Waals surface area contributed by atoms with Crippen molar-refractivity contribution in [3.8, 4) is 5.88 Å². The van der Waals surface area contributed by atoms with Gasteiger partial charge in [0.25, 0.3) is 0 Å². The van der Waals surface area contributed by atoms with Crippen molar-refractivity contribution in [1.82, 2.24) is 14.7 Å². The summed E-state index contributed by atoms with van der Waals surface area (Å²) < 4.78 is 32.6. The monoisotopic (exact) mass is 545 g/mol. The minimum absolute atomic E-state index is 0.0312. The number of anilines is 2. The summed E-state index contributed by atoms with van der Waals surface area (Å²) in [6.45, 7) is 0. The molecule has 2 aromatic heterocycles. The summed E-state index contributed by atoms with van der Waals surface area (Å²) in [6.07, 6.45) is 5.50. The summed E-state index contributed by atoms with van der Waals surface area (Å²) in [5.41, 5.74) is 2.04. The highest BCUT2D eigenvalue weighted by Gasteiger charge is 2.24. The van der Waals surface area contributed by atoms with Crippen LogP contribution in [-0.2, 0) is 14.8 Å². The Hall–Kier alpha value is -3.42. The predicted octanol–water partition coefficient (Wildman–Crippen LogP) is 4.07. The Bertz CT molecular complexity index is 1410. The molecule has 0 saturated heterocycles. The lowest BCUT2D eigenvalue weighted by molar-refractivity contribution is -0.113. The number of fused-ring (bicyclic) bond motifs is 2. The molecule has 3 aromatic rings. The second-order valence-corrected chi connectivity index (χ2v) is 11.2. The van der Waals surface area contributed by atoms with Gasteiger partial charge in [-0.15, -0.1) is 11.8 Å². The lowest BCUT2D eigenvalue weighted by Crippen LogP contribution is -2.36. The molecule has 1 fully saturated rings. The Morgan fingerprint density at radius 1 is 1.16 bits per heavy atom. The van der Waals surface area contributed by atoms with Gasteiger partial charge in [0.05, 0.1) is 34.6 Å². The fraction of sp³-hybridized carbons (Fsp3) is 0.333. The first kappa shape index (κ1) is 26.6.